The van der Waals surface area contributed by atoms with E-state index in [0.29, 0.717) is 10.6 Å². The number of anilines is 2. The molecule has 3 N–H and O–H groups in total. The number of carbonyl (C=O) groups excluding carboxylic acids is 2. The first kappa shape index (κ1) is 23.0. The summed E-state index contributed by atoms with van der Waals surface area (Å²) in [6.07, 6.45) is 3.17. The summed E-state index contributed by atoms with van der Waals surface area (Å²) in [4.78, 5) is 32.2. The van der Waals surface area contributed by atoms with E-state index in [1.54, 1.807) is 12.1 Å². The molecule has 1 aliphatic rings. The number of fused-ring (bicyclic) bond motifs is 1. The molecule has 0 radical (unpaired) electrons. The van der Waals surface area contributed by atoms with Gasteiger partial charge in [0.25, 0.3) is 11.8 Å². The molecule has 1 aromatic heterocycles. The molecular weight excluding hydrogens is 463 g/mol. The van der Waals surface area contributed by atoms with Gasteiger partial charge in [-0.2, -0.15) is 0 Å². The molecule has 1 aliphatic heterocycles. The highest BCUT2D eigenvalue weighted by atomic mass is 35.5. The zero-order valence-corrected chi connectivity index (χ0v) is 19.4. The first-order chi connectivity index (χ1) is 15.8. The Bertz CT molecular complexity index is 1220. The fourth-order valence-electron chi connectivity index (χ4n) is 3.70. The van der Waals surface area contributed by atoms with Crippen LogP contribution in [0.2, 0.25) is 10.0 Å². The number of hydrogen-bond acceptors (Lipinski definition) is 5. The van der Waals surface area contributed by atoms with Gasteiger partial charge in [-0.3, -0.25) is 9.59 Å². The second-order valence-corrected chi connectivity index (χ2v) is 8.78. The van der Waals surface area contributed by atoms with Gasteiger partial charge in [0, 0.05) is 35.9 Å². The number of halogens is 2. The summed E-state index contributed by atoms with van der Waals surface area (Å²) < 4.78 is 0. The number of pyridine rings is 1. The molecule has 0 aliphatic carbocycles. The Kier molecular flexibility index (Phi) is 6.83. The highest BCUT2D eigenvalue weighted by Gasteiger charge is 2.21. The number of aromatic nitrogens is 1. The number of nitrogens with zero attached hydrogens (tertiary/aromatic N) is 2. The first-order valence-corrected chi connectivity index (χ1v) is 11.1. The highest BCUT2D eigenvalue weighted by Crippen LogP contribution is 2.33. The molecule has 2 aromatic carbocycles. The zero-order chi connectivity index (χ0) is 23.5. The van der Waals surface area contributed by atoms with Crippen LogP contribution in [-0.4, -0.2) is 46.9 Å². The first-order valence-electron chi connectivity index (χ1n) is 10.4. The maximum absolute atomic E-state index is 13.0. The van der Waals surface area contributed by atoms with Crippen molar-refractivity contribution in [2.24, 2.45) is 0 Å². The maximum Gasteiger partial charge on any atom is 0.259 e. The third-order valence-corrected chi connectivity index (χ3v) is 5.97. The van der Waals surface area contributed by atoms with Crippen LogP contribution >= 0.6 is 23.2 Å². The van der Waals surface area contributed by atoms with E-state index in [1.165, 1.54) is 30.0 Å². The van der Waals surface area contributed by atoms with Crippen LogP contribution < -0.4 is 10.6 Å². The van der Waals surface area contributed by atoms with Gasteiger partial charge in [-0.1, -0.05) is 29.3 Å². The number of nitrogens with one attached hydrogen (secondary N) is 2. The molecule has 170 valence electrons. The van der Waals surface area contributed by atoms with Gasteiger partial charge < -0.3 is 20.6 Å². The van der Waals surface area contributed by atoms with Gasteiger partial charge in [0.1, 0.15) is 11.6 Å². The average Bonchev–Trinajstić information content (AvgIpc) is 2.98. The Balaban J connectivity index is 1.59. The van der Waals surface area contributed by atoms with Crippen LogP contribution in [-0.2, 0) is 12.8 Å². The second-order valence-electron chi connectivity index (χ2n) is 7.90. The van der Waals surface area contributed by atoms with E-state index in [4.69, 9.17) is 23.2 Å². The van der Waals surface area contributed by atoms with Gasteiger partial charge in [0.05, 0.1) is 16.3 Å². The molecule has 0 saturated heterocycles. The molecule has 0 bridgehead atoms. The van der Waals surface area contributed by atoms with Crippen molar-refractivity contribution in [1.82, 2.24) is 9.88 Å². The molecule has 3 aromatic rings. The molecule has 9 heteroatoms. The minimum Gasteiger partial charge on any atom is -0.506 e. The smallest absolute Gasteiger partial charge is 0.259 e. The summed E-state index contributed by atoms with van der Waals surface area (Å²) >= 11 is 11.9. The number of phenols is 1. The van der Waals surface area contributed by atoms with Gasteiger partial charge >= 0.3 is 0 Å². The van der Waals surface area contributed by atoms with Crippen LogP contribution in [0.3, 0.4) is 0 Å². The lowest BCUT2D eigenvalue weighted by Gasteiger charge is -2.14. The van der Waals surface area contributed by atoms with Crippen molar-refractivity contribution in [1.29, 1.82) is 0 Å². The Labute approximate surface area is 201 Å². The Morgan fingerprint density at radius 1 is 0.939 bits per heavy atom. The summed E-state index contributed by atoms with van der Waals surface area (Å²) in [5.41, 5.74) is 2.75. The molecule has 2 heterocycles. The molecule has 7 nitrogen and oxygen atoms in total. The van der Waals surface area contributed by atoms with Gasteiger partial charge in [0.15, 0.2) is 0 Å². The van der Waals surface area contributed by atoms with Gasteiger partial charge in [-0.15, -0.1) is 0 Å². The number of hydrogen-bond donors (Lipinski definition) is 3. The van der Waals surface area contributed by atoms with Crippen molar-refractivity contribution in [2.45, 2.75) is 12.8 Å². The fourth-order valence-corrected chi connectivity index (χ4v) is 4.02. The lowest BCUT2D eigenvalue weighted by molar-refractivity contribution is 0.102. The quantitative estimate of drug-likeness (QED) is 0.469. The molecule has 0 atom stereocenters. The van der Waals surface area contributed by atoms with Crippen molar-refractivity contribution in [3.63, 3.8) is 0 Å². The third kappa shape index (κ3) is 5.45. The summed E-state index contributed by atoms with van der Waals surface area (Å²) in [6.45, 7) is 1.89. The molecule has 0 spiro atoms. The van der Waals surface area contributed by atoms with E-state index in [0.717, 1.165) is 31.5 Å². The normalized spacial score (nSPS) is 13.7. The van der Waals surface area contributed by atoms with Crippen LogP contribution in [0, 0.1) is 0 Å². The third-order valence-electron chi connectivity index (χ3n) is 5.53. The molecule has 0 fully saturated rings. The topological polar surface area (TPSA) is 94.6 Å². The van der Waals surface area contributed by atoms with E-state index < -0.39 is 11.8 Å². The van der Waals surface area contributed by atoms with E-state index in [-0.39, 0.29) is 27.8 Å². The van der Waals surface area contributed by atoms with E-state index in [9.17, 15) is 14.7 Å². The van der Waals surface area contributed by atoms with Crippen molar-refractivity contribution < 1.29 is 14.7 Å². The van der Waals surface area contributed by atoms with Gasteiger partial charge in [-0.25, -0.2) is 4.98 Å². The Hall–Kier alpha value is -3.13. The van der Waals surface area contributed by atoms with Crippen molar-refractivity contribution in [2.75, 3.05) is 30.8 Å². The average molecular weight is 485 g/mol. The second kappa shape index (κ2) is 9.79. The predicted octanol–water partition coefficient (Wildman–Crippen LogP) is 4.63. The van der Waals surface area contributed by atoms with Crippen LogP contribution in [0.5, 0.6) is 5.75 Å². The van der Waals surface area contributed by atoms with Crippen LogP contribution in [0.15, 0.2) is 48.7 Å². The largest absolute Gasteiger partial charge is 0.506 e. The monoisotopic (exact) mass is 484 g/mol. The van der Waals surface area contributed by atoms with E-state index in [1.807, 2.05) is 12.1 Å². The van der Waals surface area contributed by atoms with Crippen molar-refractivity contribution in [3.8, 4) is 5.75 Å². The van der Waals surface area contributed by atoms with E-state index >= 15 is 0 Å². The molecule has 0 saturated carbocycles. The SMILES string of the molecule is CN1CCc2ccc(C(=O)Nc3c(O)cc(Cl)cc3C(=O)Nc3ccc(Cl)cn3)cc2CC1. The molecule has 2 amide bonds. The van der Waals surface area contributed by atoms with Crippen LogP contribution in [0.25, 0.3) is 0 Å². The number of likely N-dealkylation sites (N-methyl/N-ethyl adjacent to an activating group) is 1. The summed E-state index contributed by atoms with van der Waals surface area (Å²) in [5, 5.41) is 16.3. The van der Waals surface area contributed by atoms with Crippen LogP contribution in [0.4, 0.5) is 11.5 Å². The number of benzene rings is 2. The number of carbonyl (C=O) groups is 2. The summed E-state index contributed by atoms with van der Waals surface area (Å²) in [7, 11) is 2.08. The Morgan fingerprint density at radius 2 is 1.70 bits per heavy atom. The number of amides is 2. The molecule has 33 heavy (non-hydrogen) atoms. The lowest BCUT2D eigenvalue weighted by atomic mass is 9.99. The molecule has 4 rings (SSSR count). The number of aromatic hydroxyl groups is 1. The fraction of sp³-hybridized carbons (Fsp3) is 0.208. The molecule has 0 unspecified atom stereocenters. The molecular formula is C24H22Cl2N4O3. The minimum atomic E-state index is -0.595. The highest BCUT2D eigenvalue weighted by molar-refractivity contribution is 6.32. The van der Waals surface area contributed by atoms with Gasteiger partial charge in [-0.05, 0) is 61.3 Å². The predicted molar refractivity (Wildman–Crippen MR) is 130 cm³/mol. The minimum absolute atomic E-state index is 0.00137. The zero-order valence-electron chi connectivity index (χ0n) is 17.9. The van der Waals surface area contributed by atoms with Crippen molar-refractivity contribution in [3.05, 3.63) is 81.0 Å². The number of phenolic OH excluding ortho intramolecular Hbond substituents is 1. The van der Waals surface area contributed by atoms with Crippen LogP contribution in [0.1, 0.15) is 31.8 Å². The Morgan fingerprint density at radius 3 is 2.42 bits per heavy atom. The standard InChI is InChI=1S/C24H22Cl2N4O3/c1-30-8-6-14-2-3-16(10-15(14)7-9-30)23(32)29-22-19(11-18(26)12-20(22)31)24(33)28-21-5-4-17(25)13-27-21/h2-5,10-13,31H,6-9H2,1H3,(H,29,32)(H,27,28,33). The summed E-state index contributed by atoms with van der Waals surface area (Å²) in [5.74, 6) is -1.09. The van der Waals surface area contributed by atoms with Gasteiger partial charge in [0.2, 0.25) is 0 Å². The summed E-state index contributed by atoms with van der Waals surface area (Å²) in [6, 6.07) is 11.3. The van der Waals surface area contributed by atoms with Crippen molar-refractivity contribution >= 4 is 46.5 Å². The maximum atomic E-state index is 13.0. The number of rotatable bonds is 4. The van der Waals surface area contributed by atoms with E-state index in [2.05, 4.69) is 27.6 Å². The lowest BCUT2D eigenvalue weighted by Crippen LogP contribution is -2.20.